The summed E-state index contributed by atoms with van der Waals surface area (Å²) in [5, 5.41) is 12.2. The number of carbonyl (C=O) groups is 3. The topological polar surface area (TPSA) is 130 Å². The second-order valence-electron chi connectivity index (χ2n) is 11.3. The van der Waals surface area contributed by atoms with Gasteiger partial charge in [-0.1, -0.05) is 48.5 Å². The molecule has 3 N–H and O–H groups in total. The van der Waals surface area contributed by atoms with Crippen LogP contribution in [0.1, 0.15) is 60.4 Å². The molecule has 2 heterocycles. The Kier molecular flexibility index (Phi) is 8.03. The Balaban J connectivity index is 1.38. The van der Waals surface area contributed by atoms with E-state index in [2.05, 4.69) is 34.6 Å². The summed E-state index contributed by atoms with van der Waals surface area (Å²) in [4.78, 5) is 42.3. The Bertz CT molecular complexity index is 1380. The third-order valence-corrected chi connectivity index (χ3v) is 7.31. The third-order valence-electron chi connectivity index (χ3n) is 7.31. The number of aromatic amines is 1. The summed E-state index contributed by atoms with van der Waals surface area (Å²) in [7, 11) is 0. The number of amides is 2. The molecule has 3 aromatic rings. The Morgan fingerprint density at radius 1 is 1.02 bits per heavy atom. The first-order valence-corrected chi connectivity index (χ1v) is 13.7. The highest BCUT2D eigenvalue weighted by Crippen LogP contribution is 2.44. The van der Waals surface area contributed by atoms with Crippen LogP contribution < -0.4 is 5.32 Å². The number of carbonyl (C=O) groups excluding carboxylic acids is 2. The summed E-state index contributed by atoms with van der Waals surface area (Å²) in [5.74, 6) is -1.22. The summed E-state index contributed by atoms with van der Waals surface area (Å²) >= 11 is 0. The molecule has 10 nitrogen and oxygen atoms in total. The van der Waals surface area contributed by atoms with Crippen molar-refractivity contribution in [2.24, 2.45) is 0 Å². The number of hydrogen-bond donors (Lipinski definition) is 3. The highest BCUT2D eigenvalue weighted by molar-refractivity contribution is 5.85. The molecule has 2 aromatic carbocycles. The molecule has 1 aliphatic heterocycles. The van der Waals surface area contributed by atoms with Crippen molar-refractivity contribution < 1.29 is 33.7 Å². The van der Waals surface area contributed by atoms with Crippen molar-refractivity contribution in [3.8, 4) is 11.1 Å². The van der Waals surface area contributed by atoms with Gasteiger partial charge in [-0.05, 0) is 61.6 Å². The Labute approximate surface area is 238 Å². The van der Waals surface area contributed by atoms with Crippen LogP contribution in [0.5, 0.6) is 0 Å². The van der Waals surface area contributed by atoms with Crippen LogP contribution in [0.4, 0.5) is 9.59 Å². The lowest BCUT2D eigenvalue weighted by atomic mass is 9.98. The van der Waals surface area contributed by atoms with Crippen molar-refractivity contribution in [2.75, 3.05) is 19.8 Å². The molecule has 0 unspecified atom stereocenters. The largest absolute Gasteiger partial charge is 0.477 e. The number of hydrogen-bond acceptors (Lipinski definition) is 6. The minimum Gasteiger partial charge on any atom is -0.477 e. The van der Waals surface area contributed by atoms with Crippen LogP contribution in [-0.2, 0) is 20.8 Å². The fourth-order valence-corrected chi connectivity index (χ4v) is 5.53. The first-order chi connectivity index (χ1) is 19.6. The fraction of sp³-hybridized carbons (Fsp3) is 0.387. The lowest BCUT2D eigenvalue weighted by Crippen LogP contribution is -2.58. The summed E-state index contributed by atoms with van der Waals surface area (Å²) in [6.45, 7) is 6.07. The predicted octanol–water partition coefficient (Wildman–Crippen LogP) is 5.15. The SMILES string of the molecule is CC(C)(C)OC(=O)N[C@@H]1COCC[C@@H]1N(Cc1ccc(C(=O)O)[nH]1)C(=O)OCC1c2ccccc2-c2ccccc21. The lowest BCUT2D eigenvalue weighted by molar-refractivity contribution is -0.00730. The van der Waals surface area contributed by atoms with E-state index in [-0.39, 0.29) is 31.4 Å². The second-order valence-corrected chi connectivity index (χ2v) is 11.3. The van der Waals surface area contributed by atoms with Crippen molar-refractivity contribution in [3.05, 3.63) is 83.2 Å². The normalized spacial score (nSPS) is 18.2. The van der Waals surface area contributed by atoms with Gasteiger partial charge in [0.05, 0.1) is 25.2 Å². The van der Waals surface area contributed by atoms with E-state index in [1.807, 2.05) is 24.3 Å². The number of fused-ring (bicyclic) bond motifs is 3. The molecule has 2 aliphatic rings. The van der Waals surface area contributed by atoms with Crippen LogP contribution in [0, 0.1) is 0 Å². The minimum absolute atomic E-state index is 0.0166. The highest BCUT2D eigenvalue weighted by atomic mass is 16.6. The zero-order chi connectivity index (χ0) is 29.1. The molecule has 2 amide bonds. The van der Waals surface area contributed by atoms with Gasteiger partial charge in [-0.2, -0.15) is 0 Å². The number of carboxylic acids is 1. The van der Waals surface area contributed by atoms with E-state index in [0.29, 0.717) is 18.7 Å². The maximum atomic E-state index is 13.8. The Morgan fingerprint density at radius 3 is 2.29 bits per heavy atom. The Hall–Kier alpha value is -4.31. The van der Waals surface area contributed by atoms with Gasteiger partial charge in [-0.3, -0.25) is 4.90 Å². The number of nitrogens with zero attached hydrogens (tertiary/aromatic N) is 1. The molecule has 216 valence electrons. The van der Waals surface area contributed by atoms with Gasteiger partial charge in [0.2, 0.25) is 0 Å². The van der Waals surface area contributed by atoms with Crippen LogP contribution in [0.25, 0.3) is 11.1 Å². The van der Waals surface area contributed by atoms with E-state index in [4.69, 9.17) is 14.2 Å². The summed E-state index contributed by atoms with van der Waals surface area (Å²) < 4.78 is 17.1. The average Bonchev–Trinajstić information content (AvgIpc) is 3.53. The fourth-order valence-electron chi connectivity index (χ4n) is 5.53. The van der Waals surface area contributed by atoms with E-state index in [1.54, 1.807) is 26.8 Å². The van der Waals surface area contributed by atoms with Crippen LogP contribution in [0.15, 0.2) is 60.7 Å². The molecule has 1 aliphatic carbocycles. The van der Waals surface area contributed by atoms with E-state index in [1.165, 1.54) is 11.0 Å². The number of benzene rings is 2. The number of rotatable bonds is 7. The molecule has 0 saturated carbocycles. The van der Waals surface area contributed by atoms with Crippen LogP contribution in [0.2, 0.25) is 0 Å². The van der Waals surface area contributed by atoms with Crippen molar-refractivity contribution in [1.29, 1.82) is 0 Å². The van der Waals surface area contributed by atoms with Gasteiger partial charge >= 0.3 is 18.2 Å². The smallest absolute Gasteiger partial charge is 0.410 e. The molecule has 0 bridgehead atoms. The highest BCUT2D eigenvalue weighted by Gasteiger charge is 2.37. The van der Waals surface area contributed by atoms with E-state index in [0.717, 1.165) is 22.3 Å². The molecular weight excluding hydrogens is 526 g/mol. The van der Waals surface area contributed by atoms with Gasteiger partial charge in [0, 0.05) is 18.2 Å². The second kappa shape index (κ2) is 11.7. The number of aromatic nitrogens is 1. The molecule has 5 rings (SSSR count). The van der Waals surface area contributed by atoms with Gasteiger partial charge < -0.3 is 29.6 Å². The summed E-state index contributed by atoms with van der Waals surface area (Å²) in [6.07, 6.45) is -0.739. The number of aromatic carboxylic acids is 1. The number of H-pyrrole nitrogens is 1. The van der Waals surface area contributed by atoms with E-state index >= 15 is 0 Å². The predicted molar refractivity (Wildman–Crippen MR) is 151 cm³/mol. The molecule has 41 heavy (non-hydrogen) atoms. The van der Waals surface area contributed by atoms with Gasteiger partial charge in [-0.15, -0.1) is 0 Å². The molecule has 2 atom stereocenters. The Morgan fingerprint density at radius 2 is 1.68 bits per heavy atom. The number of alkyl carbamates (subject to hydrolysis) is 1. The number of ether oxygens (including phenoxy) is 3. The van der Waals surface area contributed by atoms with Gasteiger partial charge in [-0.25, -0.2) is 14.4 Å². The minimum atomic E-state index is -1.10. The van der Waals surface area contributed by atoms with Crippen molar-refractivity contribution in [3.63, 3.8) is 0 Å². The van der Waals surface area contributed by atoms with E-state index in [9.17, 15) is 19.5 Å². The standard InChI is InChI=1S/C31H35N3O7/c1-31(2,3)41-29(37)33-26-18-39-15-14-27(26)34(16-19-12-13-25(32-19)28(35)36)30(38)40-17-24-22-10-6-4-8-20(22)21-9-5-7-11-23(21)24/h4-13,24,26-27,32H,14-18H2,1-3H3,(H,33,37)(H,35,36)/t26-,27+/m1/s1. The average molecular weight is 562 g/mol. The number of carboxylic acid groups (broad SMARTS) is 1. The van der Waals surface area contributed by atoms with Crippen molar-refractivity contribution in [1.82, 2.24) is 15.2 Å². The lowest BCUT2D eigenvalue weighted by Gasteiger charge is -2.39. The van der Waals surface area contributed by atoms with Gasteiger partial charge in [0.1, 0.15) is 17.9 Å². The maximum Gasteiger partial charge on any atom is 0.410 e. The third kappa shape index (κ3) is 6.38. The van der Waals surface area contributed by atoms with Crippen LogP contribution in [0.3, 0.4) is 0 Å². The first kappa shape index (κ1) is 28.2. The zero-order valence-corrected chi connectivity index (χ0v) is 23.4. The molecule has 1 fully saturated rings. The first-order valence-electron chi connectivity index (χ1n) is 13.7. The molecule has 0 spiro atoms. The van der Waals surface area contributed by atoms with Crippen molar-refractivity contribution in [2.45, 2.75) is 57.3 Å². The molecule has 10 heteroatoms. The number of nitrogens with one attached hydrogen (secondary N) is 2. The van der Waals surface area contributed by atoms with E-state index < -0.39 is 35.8 Å². The summed E-state index contributed by atoms with van der Waals surface area (Å²) in [6, 6.07) is 18.2. The molecular formula is C31H35N3O7. The molecule has 1 saturated heterocycles. The quantitative estimate of drug-likeness (QED) is 0.364. The molecule has 1 aromatic heterocycles. The maximum absolute atomic E-state index is 13.8. The van der Waals surface area contributed by atoms with Gasteiger partial charge in [0.15, 0.2) is 0 Å². The van der Waals surface area contributed by atoms with Crippen molar-refractivity contribution >= 4 is 18.2 Å². The van der Waals surface area contributed by atoms with Crippen LogP contribution >= 0.6 is 0 Å². The van der Waals surface area contributed by atoms with Crippen LogP contribution in [-0.4, -0.2) is 70.7 Å². The molecule has 0 radical (unpaired) electrons. The van der Waals surface area contributed by atoms with Gasteiger partial charge in [0.25, 0.3) is 0 Å². The summed E-state index contributed by atoms with van der Waals surface area (Å²) in [5.41, 5.74) is 4.29. The zero-order valence-electron chi connectivity index (χ0n) is 23.4. The monoisotopic (exact) mass is 561 g/mol.